The molecule has 0 atom stereocenters. The minimum Gasteiger partial charge on any atom is -0.450 e. The molecule has 0 aliphatic heterocycles. The van der Waals surface area contributed by atoms with Crippen LogP contribution in [0.25, 0.3) is 0 Å². The Morgan fingerprint density at radius 3 is 1.47 bits per heavy atom. The predicted octanol–water partition coefficient (Wildman–Crippen LogP) is 9.18. The van der Waals surface area contributed by atoms with E-state index in [4.69, 9.17) is 10.5 Å². The van der Waals surface area contributed by atoms with Crippen LogP contribution in [0.5, 0.6) is 0 Å². The Hall–Kier alpha value is -1.16. The average Bonchev–Trinajstić information content (AvgIpc) is 2.76. The Labute approximate surface area is 204 Å². The first-order chi connectivity index (χ1) is 15.5. The minimum absolute atomic E-state index is 0. The van der Waals surface area contributed by atoms with Crippen LogP contribution in [0, 0.1) is 0 Å². The lowest BCUT2D eigenvalue weighted by Gasteiger charge is -2.38. The molecule has 0 aromatic heterocycles. The zero-order chi connectivity index (χ0) is 24.3. The van der Waals surface area contributed by atoms with Gasteiger partial charge in [-0.3, -0.25) is 0 Å². The molecule has 0 saturated carbocycles. The highest BCUT2D eigenvalue weighted by molar-refractivity contribution is 8.34. The summed E-state index contributed by atoms with van der Waals surface area (Å²) in [7, 11) is -0.662. The summed E-state index contributed by atoms with van der Waals surface area (Å²) in [6.45, 7) is 16.8. The maximum atomic E-state index is 10.4. The monoisotopic (exact) mass is 471 g/mol. The zero-order valence-electron chi connectivity index (χ0n) is 21.6. The van der Waals surface area contributed by atoms with Gasteiger partial charge >= 0.3 is 6.09 Å². The van der Waals surface area contributed by atoms with E-state index < -0.39 is 16.1 Å². The van der Waals surface area contributed by atoms with Gasteiger partial charge in [-0.1, -0.05) is 109 Å². The minimum atomic E-state index is -0.667. The summed E-state index contributed by atoms with van der Waals surface area (Å²) >= 11 is 0. The molecule has 32 heavy (non-hydrogen) atoms. The smallest absolute Gasteiger partial charge is 0.404 e. The summed E-state index contributed by atoms with van der Waals surface area (Å²) in [4.78, 5) is 10.4. The molecule has 0 fully saturated rings. The lowest BCUT2D eigenvalue weighted by atomic mass is 10.1. The molecule has 0 rings (SSSR count). The van der Waals surface area contributed by atoms with E-state index in [1.165, 1.54) is 82.8 Å². The van der Waals surface area contributed by atoms with E-state index in [1.54, 1.807) is 0 Å². The van der Waals surface area contributed by atoms with Crippen molar-refractivity contribution in [3.05, 3.63) is 38.0 Å². The van der Waals surface area contributed by atoms with E-state index in [-0.39, 0.29) is 1.43 Å². The fourth-order valence-corrected chi connectivity index (χ4v) is 7.03. The third kappa shape index (κ3) is 23.5. The highest BCUT2D eigenvalue weighted by atomic mass is 32.3. The van der Waals surface area contributed by atoms with Crippen LogP contribution in [0.3, 0.4) is 0 Å². The number of unbranched alkanes of at least 4 members (excludes halogenated alkanes) is 12. The normalized spacial score (nSPS) is 11.2. The van der Waals surface area contributed by atoms with Gasteiger partial charge in [0.15, 0.2) is 0 Å². The third-order valence-electron chi connectivity index (χ3n) is 5.59. The van der Waals surface area contributed by atoms with Crippen molar-refractivity contribution in [3.63, 3.8) is 0 Å². The molecule has 0 unspecified atom stereocenters. The second kappa shape index (κ2) is 26.1. The Balaban J connectivity index is -0.000000969. The second-order valence-electron chi connectivity index (χ2n) is 8.71. The number of carbonyl (C=O) groups excluding carboxylic acids is 1. The molecule has 0 aliphatic carbocycles. The van der Waals surface area contributed by atoms with Crippen LogP contribution in [0.4, 0.5) is 4.79 Å². The molecular weight excluding hydrogens is 414 g/mol. The number of ether oxygens (including phenoxy) is 1. The number of carbonyl (C=O) groups is 1. The van der Waals surface area contributed by atoms with Gasteiger partial charge in [0.1, 0.15) is 0 Å². The van der Waals surface area contributed by atoms with Gasteiger partial charge in [0.05, 0.1) is 6.61 Å². The molecule has 0 aliphatic rings. The second-order valence-corrected chi connectivity index (χ2v) is 12.6. The molecule has 0 aromatic rings. The molecule has 0 saturated heterocycles. The summed E-state index contributed by atoms with van der Waals surface area (Å²) in [5.41, 5.74) is 4.92. The average molecular weight is 472 g/mol. The number of primary amides is 1. The van der Waals surface area contributed by atoms with E-state index in [1.807, 2.05) is 0 Å². The molecule has 0 spiro atoms. The van der Waals surface area contributed by atoms with Crippen LogP contribution in [0.15, 0.2) is 38.0 Å². The number of hydrogen-bond acceptors (Lipinski definition) is 2. The fraction of sp³-hybridized carbons (Fsp3) is 0.750. The van der Waals surface area contributed by atoms with Gasteiger partial charge < -0.3 is 10.5 Å². The number of amides is 1. The first-order valence-electron chi connectivity index (χ1n) is 13.0. The van der Waals surface area contributed by atoms with Crippen LogP contribution in [-0.4, -0.2) is 35.7 Å². The molecule has 3 nitrogen and oxygen atoms in total. The van der Waals surface area contributed by atoms with Crippen molar-refractivity contribution in [2.45, 2.75) is 104 Å². The highest BCUT2D eigenvalue weighted by Crippen LogP contribution is 2.48. The van der Waals surface area contributed by atoms with E-state index in [0.717, 1.165) is 30.1 Å². The fourth-order valence-electron chi connectivity index (χ4n) is 3.80. The van der Waals surface area contributed by atoms with Gasteiger partial charge in [-0.05, 0) is 35.9 Å². The number of hydrogen-bond donors (Lipinski definition) is 1. The van der Waals surface area contributed by atoms with Crippen molar-refractivity contribution < 1.29 is 11.0 Å². The SMILES string of the molecule is C=CCS(CC=C)(CC=C)CCCCCCCCCCCOC(N)=O.CCCCCCC.[HH]. The van der Waals surface area contributed by atoms with Crippen LogP contribution < -0.4 is 5.73 Å². The van der Waals surface area contributed by atoms with Gasteiger partial charge in [-0.15, -0.1) is 19.7 Å². The number of rotatable bonds is 22. The van der Waals surface area contributed by atoms with E-state index in [0.29, 0.717) is 6.61 Å². The molecule has 1 amide bonds. The van der Waals surface area contributed by atoms with Crippen molar-refractivity contribution >= 4 is 16.1 Å². The molecule has 0 heterocycles. The first-order valence-corrected chi connectivity index (χ1v) is 15.3. The van der Waals surface area contributed by atoms with Crippen LogP contribution in [-0.2, 0) is 4.74 Å². The molecular formula is C28H57NO2S. The van der Waals surface area contributed by atoms with Gasteiger partial charge in [-0.2, -0.15) is 0 Å². The van der Waals surface area contributed by atoms with Crippen molar-refractivity contribution in [2.24, 2.45) is 5.73 Å². The van der Waals surface area contributed by atoms with Gasteiger partial charge in [0.2, 0.25) is 0 Å². The molecule has 2 N–H and O–H groups in total. The van der Waals surface area contributed by atoms with Crippen LogP contribution >= 0.6 is 10.0 Å². The first kappa shape index (κ1) is 33.0. The molecule has 0 radical (unpaired) electrons. The summed E-state index contributed by atoms with van der Waals surface area (Å²) in [6.07, 6.45) is 23.7. The Morgan fingerprint density at radius 2 is 1.09 bits per heavy atom. The lowest BCUT2D eigenvalue weighted by molar-refractivity contribution is 0.154. The largest absolute Gasteiger partial charge is 0.450 e. The maximum absolute atomic E-state index is 10.4. The third-order valence-corrected chi connectivity index (χ3v) is 9.57. The Kier molecular flexibility index (Phi) is 26.9. The quantitative estimate of drug-likeness (QED) is 0.126. The summed E-state index contributed by atoms with van der Waals surface area (Å²) in [5, 5.41) is 0. The van der Waals surface area contributed by atoms with Gasteiger partial charge in [-0.25, -0.2) is 14.8 Å². The van der Waals surface area contributed by atoms with Crippen molar-refractivity contribution in [1.29, 1.82) is 0 Å². The molecule has 0 bridgehead atoms. The van der Waals surface area contributed by atoms with Crippen LogP contribution in [0.2, 0.25) is 0 Å². The summed E-state index contributed by atoms with van der Waals surface area (Å²) < 4.78 is 4.72. The molecule has 192 valence electrons. The van der Waals surface area contributed by atoms with E-state index in [9.17, 15) is 4.79 Å². The zero-order valence-corrected chi connectivity index (χ0v) is 22.4. The van der Waals surface area contributed by atoms with Crippen molar-refractivity contribution in [3.8, 4) is 0 Å². The summed E-state index contributed by atoms with van der Waals surface area (Å²) in [5.74, 6) is 4.70. The highest BCUT2D eigenvalue weighted by Gasteiger charge is 2.19. The molecule has 0 aromatic carbocycles. The van der Waals surface area contributed by atoms with Crippen LogP contribution in [0.1, 0.15) is 105 Å². The standard InChI is InChI=1S/C21H39NO2S.C7H16.H2/c1-4-17-25(18-5-2,19-6-3)20-15-13-11-9-7-8-10-12-14-16-24-21(22)23;1-3-5-7-6-4-2;/h4-6H,1-3,7-20H2,(H2,22,23);3-7H2,1-2H3;1H. The summed E-state index contributed by atoms with van der Waals surface area (Å²) in [6, 6.07) is 0. The predicted molar refractivity (Wildman–Crippen MR) is 151 cm³/mol. The Bertz CT molecular complexity index is 427. The Morgan fingerprint density at radius 1 is 0.719 bits per heavy atom. The lowest BCUT2D eigenvalue weighted by Crippen LogP contribution is -2.14. The number of nitrogens with two attached hydrogens (primary N) is 1. The molecule has 4 heteroatoms. The maximum Gasteiger partial charge on any atom is 0.404 e. The van der Waals surface area contributed by atoms with Gasteiger partial charge in [0, 0.05) is 1.43 Å². The van der Waals surface area contributed by atoms with E-state index >= 15 is 0 Å². The topological polar surface area (TPSA) is 52.3 Å². The van der Waals surface area contributed by atoms with Gasteiger partial charge in [0.25, 0.3) is 0 Å². The van der Waals surface area contributed by atoms with E-state index in [2.05, 4.69) is 51.8 Å². The van der Waals surface area contributed by atoms with Crippen molar-refractivity contribution in [1.82, 2.24) is 0 Å². The van der Waals surface area contributed by atoms with Crippen molar-refractivity contribution in [2.75, 3.05) is 29.6 Å².